The fourth-order valence-corrected chi connectivity index (χ4v) is 4.55. The minimum atomic E-state index is -0.550. The summed E-state index contributed by atoms with van der Waals surface area (Å²) in [5.41, 5.74) is 3.61. The zero-order valence-electron chi connectivity index (χ0n) is 15.4. The zero-order valence-corrected chi connectivity index (χ0v) is 16.9. The molecule has 0 radical (unpaired) electrons. The molecule has 0 saturated heterocycles. The van der Waals surface area contributed by atoms with Crippen molar-refractivity contribution in [3.8, 4) is 0 Å². The van der Waals surface area contributed by atoms with Gasteiger partial charge in [0, 0.05) is 32.3 Å². The quantitative estimate of drug-likeness (QED) is 0.612. The monoisotopic (exact) mass is 414 g/mol. The number of hydrogen-bond donors (Lipinski definition) is 0. The van der Waals surface area contributed by atoms with Gasteiger partial charge in [-0.3, -0.25) is 0 Å². The zero-order chi connectivity index (χ0) is 19.1. The summed E-state index contributed by atoms with van der Waals surface area (Å²) in [6.45, 7) is 0.998. The van der Waals surface area contributed by atoms with E-state index in [1.807, 2.05) is 36.4 Å². The molecule has 2 aromatic carbocycles. The highest BCUT2D eigenvalue weighted by molar-refractivity contribution is 6.31. The topological polar surface area (TPSA) is 43.2 Å². The van der Waals surface area contributed by atoms with Crippen LogP contribution in [0.15, 0.2) is 46.4 Å². The van der Waals surface area contributed by atoms with Crippen LogP contribution < -0.4 is 0 Å². The van der Waals surface area contributed by atoms with Crippen molar-refractivity contribution in [3.63, 3.8) is 0 Å². The lowest BCUT2D eigenvalue weighted by molar-refractivity contribution is 0.264. The van der Waals surface area contributed by atoms with Crippen LogP contribution in [0.2, 0.25) is 10.0 Å². The third-order valence-corrected chi connectivity index (χ3v) is 6.07. The number of halogens is 2. The van der Waals surface area contributed by atoms with E-state index in [0.29, 0.717) is 35.1 Å². The molecule has 28 heavy (non-hydrogen) atoms. The van der Waals surface area contributed by atoms with Gasteiger partial charge >= 0.3 is 0 Å². The Labute approximate surface area is 174 Å². The number of hydrogen-bond acceptors (Lipinski definition) is 4. The Bertz CT molecular complexity index is 921. The maximum absolute atomic E-state index is 6.12. The number of ether oxygens (including phenoxy) is 2. The first-order chi connectivity index (χ1) is 13.6. The van der Waals surface area contributed by atoms with E-state index in [4.69, 9.17) is 42.7 Å². The van der Waals surface area contributed by atoms with E-state index in [-0.39, 0.29) is 0 Å². The van der Waals surface area contributed by atoms with Gasteiger partial charge in [0.1, 0.15) is 13.2 Å². The van der Waals surface area contributed by atoms with Gasteiger partial charge in [-0.1, -0.05) is 29.6 Å². The number of nitrogens with zero attached hydrogens (tertiary/aromatic N) is 2. The Kier molecular flexibility index (Phi) is 4.56. The summed E-state index contributed by atoms with van der Waals surface area (Å²) >= 11 is 12.2. The Hall–Kier alpha value is -2.04. The molecule has 2 heterocycles. The molecule has 1 saturated carbocycles. The fraction of sp³-hybridized carbons (Fsp3) is 0.364. The van der Waals surface area contributed by atoms with E-state index < -0.39 is 5.66 Å². The van der Waals surface area contributed by atoms with E-state index in [9.17, 15) is 0 Å². The molecule has 0 unspecified atom stereocenters. The van der Waals surface area contributed by atoms with Crippen LogP contribution in [0.25, 0.3) is 0 Å². The van der Waals surface area contributed by atoms with Crippen LogP contribution >= 0.6 is 23.2 Å². The van der Waals surface area contributed by atoms with E-state index >= 15 is 0 Å². The van der Waals surface area contributed by atoms with Gasteiger partial charge in [0.25, 0.3) is 0 Å². The van der Waals surface area contributed by atoms with Crippen LogP contribution in [-0.2, 0) is 22.7 Å². The minimum Gasteiger partial charge on any atom is -0.473 e. The summed E-state index contributed by atoms with van der Waals surface area (Å²) in [4.78, 5) is 10.1. The molecule has 1 aliphatic carbocycles. The van der Waals surface area contributed by atoms with E-state index in [1.54, 1.807) is 0 Å². The van der Waals surface area contributed by atoms with Crippen molar-refractivity contribution in [2.75, 3.05) is 0 Å². The van der Waals surface area contributed by atoms with Gasteiger partial charge in [-0.05, 0) is 62.1 Å². The smallest absolute Gasteiger partial charge is 0.219 e. The number of fused-ring (bicyclic) bond motifs is 2. The van der Waals surface area contributed by atoms with Gasteiger partial charge in [-0.25, -0.2) is 9.98 Å². The van der Waals surface area contributed by atoms with Gasteiger partial charge in [0.05, 0.1) is 0 Å². The molecule has 4 nitrogen and oxygen atoms in total. The second-order valence-corrected chi connectivity index (χ2v) is 8.43. The maximum Gasteiger partial charge on any atom is 0.219 e. The summed E-state index contributed by atoms with van der Waals surface area (Å²) in [5.74, 6) is 1.32. The third-order valence-electron chi connectivity index (χ3n) is 5.60. The second kappa shape index (κ2) is 7.09. The van der Waals surface area contributed by atoms with Crippen molar-refractivity contribution in [2.45, 2.75) is 51.0 Å². The molecular formula is C22H20Cl2N2O2. The average Bonchev–Trinajstić information content (AvgIpc) is 3.26. The molecule has 1 fully saturated rings. The average molecular weight is 415 g/mol. The first kappa shape index (κ1) is 18.0. The lowest BCUT2D eigenvalue weighted by atomic mass is 9.89. The number of benzene rings is 2. The first-order valence-corrected chi connectivity index (χ1v) is 10.4. The van der Waals surface area contributed by atoms with Crippen molar-refractivity contribution >= 4 is 35.0 Å². The van der Waals surface area contributed by atoms with Crippen molar-refractivity contribution < 1.29 is 9.47 Å². The van der Waals surface area contributed by atoms with Crippen molar-refractivity contribution in [2.24, 2.45) is 9.98 Å². The summed E-state index contributed by atoms with van der Waals surface area (Å²) in [6, 6.07) is 11.6. The normalized spacial score (nSPS) is 22.6. The second-order valence-electron chi connectivity index (χ2n) is 7.56. The molecule has 0 spiro atoms. The van der Waals surface area contributed by atoms with Crippen molar-refractivity contribution in [3.05, 3.63) is 68.7 Å². The number of aliphatic imine (C=N–C) groups is 2. The first-order valence-electron chi connectivity index (χ1n) is 9.65. The van der Waals surface area contributed by atoms with Crippen molar-refractivity contribution in [1.29, 1.82) is 0 Å². The Morgan fingerprint density at radius 3 is 1.71 bits per heavy atom. The standard InChI is InChI=1S/C22H20Cl2N2O2/c23-16-4-6-18-14(10-16)12-27-20(18)25-22(8-2-1-3-9-22)26-21-19-7-5-17(24)11-15(19)13-28-21/h4-7,10-11H,1-3,8-9,12-13H2. The molecule has 144 valence electrons. The summed E-state index contributed by atoms with van der Waals surface area (Å²) in [6.07, 6.45) is 5.16. The predicted molar refractivity (Wildman–Crippen MR) is 111 cm³/mol. The molecule has 0 N–H and O–H groups in total. The lowest BCUT2D eigenvalue weighted by Crippen LogP contribution is -2.30. The molecule has 3 aliphatic rings. The Morgan fingerprint density at radius 1 is 0.714 bits per heavy atom. The molecule has 0 aromatic heterocycles. The fourth-order valence-electron chi connectivity index (χ4n) is 4.16. The van der Waals surface area contributed by atoms with Crippen LogP contribution in [-0.4, -0.2) is 17.5 Å². The third kappa shape index (κ3) is 3.29. The van der Waals surface area contributed by atoms with Gasteiger partial charge in [0.2, 0.25) is 11.8 Å². The van der Waals surface area contributed by atoms with Gasteiger partial charge in [0.15, 0.2) is 5.66 Å². The van der Waals surface area contributed by atoms with Crippen LogP contribution in [0.5, 0.6) is 0 Å². The highest BCUT2D eigenvalue weighted by Gasteiger charge is 2.36. The van der Waals surface area contributed by atoms with Gasteiger partial charge in [-0.15, -0.1) is 0 Å². The molecular weight excluding hydrogens is 395 g/mol. The highest BCUT2D eigenvalue weighted by atomic mass is 35.5. The van der Waals surface area contributed by atoms with E-state index in [0.717, 1.165) is 47.9 Å². The van der Waals surface area contributed by atoms with Crippen LogP contribution in [0.1, 0.15) is 54.4 Å². The molecule has 2 aliphatic heterocycles. The maximum atomic E-state index is 6.12. The van der Waals surface area contributed by atoms with Gasteiger partial charge < -0.3 is 9.47 Å². The molecule has 2 aromatic rings. The van der Waals surface area contributed by atoms with Crippen LogP contribution in [0.4, 0.5) is 0 Å². The minimum absolute atomic E-state index is 0.499. The van der Waals surface area contributed by atoms with E-state index in [2.05, 4.69) is 0 Å². The Morgan fingerprint density at radius 2 is 1.21 bits per heavy atom. The number of rotatable bonds is 2. The molecule has 0 bridgehead atoms. The molecule has 0 atom stereocenters. The Balaban J connectivity index is 1.55. The van der Waals surface area contributed by atoms with Crippen LogP contribution in [0, 0.1) is 0 Å². The van der Waals surface area contributed by atoms with E-state index in [1.165, 1.54) is 6.42 Å². The summed E-state index contributed by atoms with van der Waals surface area (Å²) < 4.78 is 11.8. The van der Waals surface area contributed by atoms with Crippen LogP contribution in [0.3, 0.4) is 0 Å². The lowest BCUT2D eigenvalue weighted by Gasteiger charge is -2.30. The molecule has 6 heteroatoms. The summed E-state index contributed by atoms with van der Waals surface area (Å²) in [5, 5.41) is 1.43. The van der Waals surface area contributed by atoms with Gasteiger partial charge in [-0.2, -0.15) is 0 Å². The predicted octanol–water partition coefficient (Wildman–Crippen LogP) is 5.91. The summed E-state index contributed by atoms with van der Waals surface area (Å²) in [7, 11) is 0. The largest absolute Gasteiger partial charge is 0.473 e. The molecule has 5 rings (SSSR count). The highest BCUT2D eigenvalue weighted by Crippen LogP contribution is 2.37. The SMILES string of the molecule is Clc1ccc2c(c1)COC2=NC1(N=C2OCc3cc(Cl)ccc32)CCCCC1. The van der Waals surface area contributed by atoms with Crippen molar-refractivity contribution in [1.82, 2.24) is 0 Å². The molecule has 0 amide bonds.